The molecule has 8 nitrogen and oxygen atoms in total. The first-order valence-electron chi connectivity index (χ1n) is 14.3. The molecule has 1 amide bonds. The molecule has 0 N–H and O–H groups in total. The van der Waals surface area contributed by atoms with Gasteiger partial charge in [-0.3, -0.25) is 9.59 Å². The van der Waals surface area contributed by atoms with Crippen LogP contribution in [0.25, 0.3) is 33.2 Å². The highest BCUT2D eigenvalue weighted by molar-refractivity contribution is 5.94. The van der Waals surface area contributed by atoms with Crippen molar-refractivity contribution < 1.29 is 18.7 Å². The molecule has 0 unspecified atom stereocenters. The van der Waals surface area contributed by atoms with E-state index in [2.05, 4.69) is 11.8 Å². The zero-order valence-corrected chi connectivity index (χ0v) is 23.4. The Balaban J connectivity index is 1.33. The molecule has 0 saturated carbocycles. The first kappa shape index (κ1) is 27.1. The molecule has 1 aromatic heterocycles. The number of rotatable bonds is 7. The number of morpholine rings is 1. The number of carbonyl (C=O) groups excluding carboxylic acids is 1. The van der Waals surface area contributed by atoms with Crippen molar-refractivity contribution in [3.63, 3.8) is 0 Å². The second-order valence-electron chi connectivity index (χ2n) is 10.4. The van der Waals surface area contributed by atoms with Crippen LogP contribution in [0.5, 0.6) is 5.75 Å². The summed E-state index contributed by atoms with van der Waals surface area (Å²) in [6.45, 7) is 8.90. The first-order valence-corrected chi connectivity index (χ1v) is 14.3. The minimum atomic E-state index is -0.0730. The third-order valence-electron chi connectivity index (χ3n) is 7.96. The predicted molar refractivity (Wildman–Crippen MR) is 161 cm³/mol. The Hall–Kier alpha value is -4.14. The van der Waals surface area contributed by atoms with Gasteiger partial charge in [-0.15, -0.1) is 0 Å². The van der Waals surface area contributed by atoms with Gasteiger partial charge < -0.3 is 28.6 Å². The fraction of sp³-hybridized carbons (Fsp3) is 0.333. The van der Waals surface area contributed by atoms with E-state index in [1.54, 1.807) is 12.1 Å². The van der Waals surface area contributed by atoms with E-state index in [1.807, 2.05) is 70.5 Å². The van der Waals surface area contributed by atoms with Crippen molar-refractivity contribution in [2.75, 3.05) is 70.5 Å². The molecule has 2 fully saturated rings. The highest BCUT2D eigenvalue weighted by Crippen LogP contribution is 2.37. The number of piperazine rings is 1. The number of anilines is 1. The molecule has 0 atom stereocenters. The Morgan fingerprint density at radius 3 is 2.37 bits per heavy atom. The van der Waals surface area contributed by atoms with Crippen LogP contribution >= 0.6 is 0 Å². The van der Waals surface area contributed by atoms with Gasteiger partial charge in [0.1, 0.15) is 11.3 Å². The van der Waals surface area contributed by atoms with Gasteiger partial charge in [-0.1, -0.05) is 55.5 Å². The SMILES string of the molecule is CCN1CCN(C(=O)COc2ccc(-c3cccc4c(=O)cc(N5CCOCC5)oc34)cc2-c2ccccc2)CC1. The second kappa shape index (κ2) is 12.2. The Morgan fingerprint density at radius 2 is 1.61 bits per heavy atom. The summed E-state index contributed by atoms with van der Waals surface area (Å²) in [5, 5.41) is 0.537. The highest BCUT2D eigenvalue weighted by atomic mass is 16.5. The standard InChI is InChI=1S/C33H35N3O5/c1-2-34-13-15-35(16-14-34)31(38)23-40-30-12-11-25(21-28(30)24-7-4-3-5-8-24)26-9-6-10-27-29(37)22-32(41-33(26)27)36-17-19-39-20-18-36/h3-12,21-22H,2,13-20,23H2,1H3. The largest absolute Gasteiger partial charge is 0.483 e. The number of ether oxygens (including phenoxy) is 2. The van der Waals surface area contributed by atoms with Gasteiger partial charge in [0.15, 0.2) is 17.9 Å². The molecule has 0 spiro atoms. The number of benzene rings is 3. The monoisotopic (exact) mass is 553 g/mol. The van der Waals surface area contributed by atoms with Crippen LogP contribution in [-0.2, 0) is 9.53 Å². The van der Waals surface area contributed by atoms with E-state index in [1.165, 1.54) is 0 Å². The second-order valence-corrected chi connectivity index (χ2v) is 10.4. The molecule has 41 heavy (non-hydrogen) atoms. The number of para-hydroxylation sites is 1. The summed E-state index contributed by atoms with van der Waals surface area (Å²) in [4.78, 5) is 32.4. The van der Waals surface area contributed by atoms with Crippen molar-refractivity contribution in [3.8, 4) is 28.0 Å². The van der Waals surface area contributed by atoms with E-state index in [0.717, 1.165) is 55.0 Å². The summed E-state index contributed by atoms with van der Waals surface area (Å²) in [6.07, 6.45) is 0. The van der Waals surface area contributed by atoms with Crippen LogP contribution in [0.1, 0.15) is 6.92 Å². The van der Waals surface area contributed by atoms with Crippen molar-refractivity contribution in [1.29, 1.82) is 0 Å². The molecule has 0 bridgehead atoms. The summed E-state index contributed by atoms with van der Waals surface area (Å²) in [6, 6.07) is 23.1. The Morgan fingerprint density at radius 1 is 0.829 bits per heavy atom. The molecule has 2 aliphatic heterocycles. The number of carbonyl (C=O) groups is 1. The minimum absolute atomic E-state index is 0.00434. The fourth-order valence-corrected chi connectivity index (χ4v) is 5.54. The zero-order chi connectivity index (χ0) is 28.2. The maximum Gasteiger partial charge on any atom is 0.260 e. The van der Waals surface area contributed by atoms with Crippen LogP contribution in [0.15, 0.2) is 82.0 Å². The van der Waals surface area contributed by atoms with Gasteiger partial charge in [0.2, 0.25) is 0 Å². The molecular formula is C33H35N3O5. The normalized spacial score (nSPS) is 16.2. The van der Waals surface area contributed by atoms with Crippen LogP contribution in [-0.4, -0.2) is 81.3 Å². The first-order chi connectivity index (χ1) is 20.1. The number of hydrogen-bond donors (Lipinski definition) is 0. The molecular weight excluding hydrogens is 518 g/mol. The summed E-state index contributed by atoms with van der Waals surface area (Å²) < 4.78 is 18.0. The predicted octanol–water partition coefficient (Wildman–Crippen LogP) is 4.51. The summed E-state index contributed by atoms with van der Waals surface area (Å²) >= 11 is 0. The van der Waals surface area contributed by atoms with Crippen LogP contribution in [0, 0.1) is 0 Å². The molecule has 8 heteroatoms. The third kappa shape index (κ3) is 5.85. The van der Waals surface area contributed by atoms with Gasteiger partial charge in [0.05, 0.1) is 18.6 Å². The van der Waals surface area contributed by atoms with Crippen LogP contribution < -0.4 is 15.1 Å². The average Bonchev–Trinajstić information content (AvgIpc) is 3.04. The van der Waals surface area contributed by atoms with Crippen molar-refractivity contribution in [1.82, 2.24) is 9.80 Å². The van der Waals surface area contributed by atoms with Gasteiger partial charge in [0, 0.05) is 56.5 Å². The zero-order valence-electron chi connectivity index (χ0n) is 23.4. The van der Waals surface area contributed by atoms with E-state index in [9.17, 15) is 9.59 Å². The van der Waals surface area contributed by atoms with Gasteiger partial charge in [-0.25, -0.2) is 0 Å². The maximum atomic E-state index is 13.1. The van der Waals surface area contributed by atoms with Crippen LogP contribution in [0.2, 0.25) is 0 Å². The number of hydrogen-bond acceptors (Lipinski definition) is 7. The molecule has 4 aromatic rings. The topological polar surface area (TPSA) is 75.5 Å². The molecule has 3 heterocycles. The van der Waals surface area contributed by atoms with E-state index < -0.39 is 0 Å². The van der Waals surface area contributed by atoms with E-state index >= 15 is 0 Å². The van der Waals surface area contributed by atoms with E-state index in [0.29, 0.717) is 48.9 Å². The number of amides is 1. The molecule has 0 radical (unpaired) electrons. The fourth-order valence-electron chi connectivity index (χ4n) is 5.54. The van der Waals surface area contributed by atoms with E-state index in [4.69, 9.17) is 13.9 Å². The Labute approximate surface area is 239 Å². The van der Waals surface area contributed by atoms with Crippen molar-refractivity contribution in [2.24, 2.45) is 0 Å². The third-order valence-corrected chi connectivity index (χ3v) is 7.96. The summed E-state index contributed by atoms with van der Waals surface area (Å²) in [5.74, 6) is 1.19. The van der Waals surface area contributed by atoms with Gasteiger partial charge >= 0.3 is 0 Å². The lowest BCUT2D eigenvalue weighted by atomic mass is 9.97. The smallest absolute Gasteiger partial charge is 0.260 e. The molecule has 212 valence electrons. The van der Waals surface area contributed by atoms with Crippen LogP contribution in [0.4, 0.5) is 5.88 Å². The van der Waals surface area contributed by atoms with Gasteiger partial charge in [-0.05, 0) is 35.9 Å². The maximum absolute atomic E-state index is 13.1. The van der Waals surface area contributed by atoms with E-state index in [-0.39, 0.29) is 17.9 Å². The van der Waals surface area contributed by atoms with Crippen molar-refractivity contribution in [2.45, 2.75) is 6.92 Å². The van der Waals surface area contributed by atoms with Crippen molar-refractivity contribution in [3.05, 3.63) is 83.0 Å². The lowest BCUT2D eigenvalue weighted by Gasteiger charge is -2.34. The summed E-state index contributed by atoms with van der Waals surface area (Å²) in [5.41, 5.74) is 4.04. The van der Waals surface area contributed by atoms with Gasteiger partial charge in [-0.2, -0.15) is 0 Å². The molecule has 0 aliphatic carbocycles. The summed E-state index contributed by atoms with van der Waals surface area (Å²) in [7, 11) is 0. The Kier molecular flexibility index (Phi) is 8.02. The molecule has 3 aromatic carbocycles. The average molecular weight is 554 g/mol. The number of likely N-dealkylation sites (N-methyl/N-ethyl adjacent to an activating group) is 1. The number of nitrogens with zero attached hydrogens (tertiary/aromatic N) is 3. The number of fused-ring (bicyclic) bond motifs is 1. The minimum Gasteiger partial charge on any atom is -0.483 e. The molecule has 2 aliphatic rings. The van der Waals surface area contributed by atoms with Gasteiger partial charge in [0.25, 0.3) is 5.91 Å². The van der Waals surface area contributed by atoms with Crippen LogP contribution in [0.3, 0.4) is 0 Å². The quantitative estimate of drug-likeness (QED) is 0.334. The lowest BCUT2D eigenvalue weighted by molar-refractivity contribution is -0.135. The molecule has 2 saturated heterocycles. The lowest BCUT2D eigenvalue weighted by Crippen LogP contribution is -2.49. The highest BCUT2D eigenvalue weighted by Gasteiger charge is 2.22. The Bertz CT molecular complexity index is 1570. The van der Waals surface area contributed by atoms with Crippen molar-refractivity contribution >= 4 is 22.8 Å². The molecule has 6 rings (SSSR count).